The quantitative estimate of drug-likeness (QED) is 0.765. The summed E-state index contributed by atoms with van der Waals surface area (Å²) in [4.78, 5) is 23.8. The average molecular weight is 368 g/mol. The van der Waals surface area contributed by atoms with E-state index in [1.807, 2.05) is 25.1 Å². The van der Waals surface area contributed by atoms with Crippen molar-refractivity contribution in [3.05, 3.63) is 29.4 Å². The molecule has 1 N–H and O–H groups in total. The Bertz CT molecular complexity index is 948. The van der Waals surface area contributed by atoms with E-state index in [0.29, 0.717) is 5.82 Å². The lowest BCUT2D eigenvalue weighted by Gasteiger charge is -2.27. The summed E-state index contributed by atoms with van der Waals surface area (Å²) >= 11 is 1.51. The number of piperidine rings is 1. The third kappa shape index (κ3) is 3.56. The third-order valence-corrected chi connectivity index (χ3v) is 5.52. The summed E-state index contributed by atoms with van der Waals surface area (Å²) in [6.07, 6.45) is 3.51. The number of likely N-dealkylation sites (tertiary alicyclic amines) is 1. The van der Waals surface area contributed by atoms with Crippen LogP contribution in [0.25, 0.3) is 21.6 Å². The van der Waals surface area contributed by atoms with Crippen molar-refractivity contribution in [3.8, 4) is 10.7 Å². The molecule has 7 nitrogen and oxygen atoms in total. The van der Waals surface area contributed by atoms with Crippen LogP contribution in [0.15, 0.2) is 24.4 Å². The maximum Gasteiger partial charge on any atom is 0.228 e. The van der Waals surface area contributed by atoms with Gasteiger partial charge in [-0.15, -0.1) is 10.2 Å². The lowest BCUT2D eigenvalue weighted by atomic mass is 9.96. The maximum atomic E-state index is 12.5. The average Bonchev–Trinajstić information content (AvgIpc) is 3.08. The van der Waals surface area contributed by atoms with Gasteiger partial charge in [-0.25, -0.2) is 9.97 Å². The first-order chi connectivity index (χ1) is 12.6. The van der Waals surface area contributed by atoms with Crippen molar-refractivity contribution in [1.82, 2.24) is 25.1 Å². The van der Waals surface area contributed by atoms with Gasteiger partial charge in [-0.1, -0.05) is 11.3 Å². The molecule has 0 spiro atoms. The van der Waals surface area contributed by atoms with Crippen molar-refractivity contribution in [3.63, 3.8) is 0 Å². The van der Waals surface area contributed by atoms with Crippen LogP contribution in [0.5, 0.6) is 0 Å². The summed E-state index contributed by atoms with van der Waals surface area (Å²) in [6, 6.07) is 5.70. The maximum absolute atomic E-state index is 12.5. The number of rotatable bonds is 3. The zero-order chi connectivity index (χ0) is 18.1. The number of aryl methyl sites for hydroxylation is 1. The lowest BCUT2D eigenvalue weighted by Crippen LogP contribution is -2.36. The Hall–Kier alpha value is -2.45. The van der Waals surface area contributed by atoms with E-state index < -0.39 is 0 Å². The second-order valence-electron chi connectivity index (χ2n) is 6.65. The van der Waals surface area contributed by atoms with Crippen molar-refractivity contribution in [2.45, 2.75) is 19.8 Å². The number of aromatic nitrogens is 4. The Balaban J connectivity index is 1.55. The minimum atomic E-state index is 0.0425. The highest BCUT2D eigenvalue weighted by Crippen LogP contribution is 2.25. The molecule has 26 heavy (non-hydrogen) atoms. The summed E-state index contributed by atoms with van der Waals surface area (Å²) in [5.41, 5.74) is 1.56. The van der Waals surface area contributed by atoms with Gasteiger partial charge >= 0.3 is 0 Å². The largest absolute Gasteiger partial charge is 0.310 e. The second-order valence-corrected chi connectivity index (χ2v) is 7.83. The first-order valence-corrected chi connectivity index (χ1v) is 9.47. The van der Waals surface area contributed by atoms with Gasteiger partial charge in [0, 0.05) is 23.6 Å². The molecule has 8 heteroatoms. The van der Waals surface area contributed by atoms with Gasteiger partial charge in [-0.2, -0.15) is 0 Å². The molecule has 1 aliphatic rings. The van der Waals surface area contributed by atoms with Crippen molar-refractivity contribution in [2.75, 3.05) is 25.5 Å². The van der Waals surface area contributed by atoms with Crippen LogP contribution in [0.1, 0.15) is 17.8 Å². The smallest absolute Gasteiger partial charge is 0.228 e. The fraction of sp³-hybridized carbons (Fsp3) is 0.389. The van der Waals surface area contributed by atoms with E-state index in [0.717, 1.165) is 52.5 Å². The van der Waals surface area contributed by atoms with E-state index in [4.69, 9.17) is 0 Å². The highest BCUT2D eigenvalue weighted by Gasteiger charge is 2.23. The minimum absolute atomic E-state index is 0.0425. The number of hydrogen-bond acceptors (Lipinski definition) is 7. The molecule has 1 fully saturated rings. The van der Waals surface area contributed by atoms with Crippen LogP contribution in [0, 0.1) is 12.8 Å². The summed E-state index contributed by atoms with van der Waals surface area (Å²) in [7, 11) is 2.09. The van der Waals surface area contributed by atoms with Gasteiger partial charge in [0.15, 0.2) is 5.01 Å². The van der Waals surface area contributed by atoms with Gasteiger partial charge in [0.1, 0.15) is 16.5 Å². The first kappa shape index (κ1) is 17.0. The van der Waals surface area contributed by atoms with E-state index in [1.54, 1.807) is 6.20 Å². The number of anilines is 1. The Labute approximate surface area is 155 Å². The molecule has 0 aliphatic carbocycles. The number of carbonyl (C=O) groups is 1. The summed E-state index contributed by atoms with van der Waals surface area (Å²) in [6.45, 7) is 3.83. The Morgan fingerprint density at radius 2 is 2.08 bits per heavy atom. The number of nitrogens with one attached hydrogen (secondary N) is 1. The molecule has 1 amide bonds. The molecule has 0 radical (unpaired) electrons. The fourth-order valence-electron chi connectivity index (χ4n) is 3.10. The number of nitrogens with zero attached hydrogens (tertiary/aromatic N) is 5. The van der Waals surface area contributed by atoms with Gasteiger partial charge in [0.05, 0.1) is 5.52 Å². The van der Waals surface area contributed by atoms with Crippen LogP contribution in [0.4, 0.5) is 5.82 Å². The Morgan fingerprint density at radius 3 is 2.81 bits per heavy atom. The molecule has 4 rings (SSSR count). The molecule has 0 unspecified atom stereocenters. The molecule has 0 atom stereocenters. The zero-order valence-corrected chi connectivity index (χ0v) is 15.6. The van der Waals surface area contributed by atoms with Crippen LogP contribution >= 0.6 is 11.3 Å². The van der Waals surface area contributed by atoms with Crippen LogP contribution in [-0.2, 0) is 4.79 Å². The molecule has 1 aliphatic heterocycles. The standard InChI is InChI=1S/C18H20N6OS/c1-11-22-23-18(26-11)14-4-3-13-10-19-16(9-15(13)20-14)21-17(25)12-5-7-24(2)8-6-12/h3-4,9-10,12H,5-8H2,1-2H3,(H,19,21,25). The topological polar surface area (TPSA) is 83.9 Å². The van der Waals surface area contributed by atoms with Crippen molar-refractivity contribution >= 4 is 34.0 Å². The zero-order valence-electron chi connectivity index (χ0n) is 14.8. The highest BCUT2D eigenvalue weighted by molar-refractivity contribution is 7.14. The van der Waals surface area contributed by atoms with Gasteiger partial charge < -0.3 is 10.2 Å². The number of hydrogen-bond donors (Lipinski definition) is 1. The minimum Gasteiger partial charge on any atom is -0.310 e. The fourth-order valence-corrected chi connectivity index (χ4v) is 3.76. The van der Waals surface area contributed by atoms with Gasteiger partial charge in [0.25, 0.3) is 0 Å². The van der Waals surface area contributed by atoms with E-state index in [1.165, 1.54) is 11.3 Å². The molecular weight excluding hydrogens is 348 g/mol. The number of amides is 1. The predicted octanol–water partition coefficient (Wildman–Crippen LogP) is 2.74. The molecule has 1 saturated heterocycles. The molecule has 0 bridgehead atoms. The molecule has 3 aromatic rings. The summed E-state index contributed by atoms with van der Waals surface area (Å²) in [5, 5.41) is 13.8. The number of pyridine rings is 2. The number of fused-ring (bicyclic) bond motifs is 1. The van der Waals surface area contributed by atoms with Crippen molar-refractivity contribution in [1.29, 1.82) is 0 Å². The molecular formula is C18H20N6OS. The molecule has 0 aromatic carbocycles. The Morgan fingerprint density at radius 1 is 1.27 bits per heavy atom. The molecule has 3 aromatic heterocycles. The SMILES string of the molecule is Cc1nnc(-c2ccc3cnc(NC(=O)C4CCN(C)CC4)cc3n2)s1. The molecule has 134 valence electrons. The van der Waals surface area contributed by atoms with E-state index in [-0.39, 0.29) is 11.8 Å². The Kier molecular flexibility index (Phi) is 4.60. The van der Waals surface area contributed by atoms with Crippen LogP contribution in [0.2, 0.25) is 0 Å². The normalized spacial score (nSPS) is 16.1. The van der Waals surface area contributed by atoms with Crippen molar-refractivity contribution in [2.24, 2.45) is 5.92 Å². The van der Waals surface area contributed by atoms with Crippen LogP contribution in [-0.4, -0.2) is 51.1 Å². The van der Waals surface area contributed by atoms with Crippen LogP contribution in [0.3, 0.4) is 0 Å². The van der Waals surface area contributed by atoms with E-state index in [9.17, 15) is 4.79 Å². The van der Waals surface area contributed by atoms with E-state index in [2.05, 4.69) is 37.4 Å². The molecule has 0 saturated carbocycles. The lowest BCUT2D eigenvalue weighted by molar-refractivity contribution is -0.121. The van der Waals surface area contributed by atoms with Crippen LogP contribution < -0.4 is 5.32 Å². The molecule has 4 heterocycles. The summed E-state index contributed by atoms with van der Waals surface area (Å²) in [5.74, 6) is 0.632. The van der Waals surface area contributed by atoms with Gasteiger partial charge in [-0.05, 0) is 52.0 Å². The predicted molar refractivity (Wildman–Crippen MR) is 102 cm³/mol. The first-order valence-electron chi connectivity index (χ1n) is 8.65. The van der Waals surface area contributed by atoms with E-state index >= 15 is 0 Å². The van der Waals surface area contributed by atoms with Gasteiger partial charge in [-0.3, -0.25) is 4.79 Å². The number of carbonyl (C=O) groups excluding carboxylic acids is 1. The van der Waals surface area contributed by atoms with Gasteiger partial charge in [0.2, 0.25) is 5.91 Å². The highest BCUT2D eigenvalue weighted by atomic mass is 32.1. The second kappa shape index (κ2) is 7.05. The monoisotopic (exact) mass is 368 g/mol. The summed E-state index contributed by atoms with van der Waals surface area (Å²) < 4.78 is 0. The van der Waals surface area contributed by atoms with Crippen molar-refractivity contribution < 1.29 is 4.79 Å². The third-order valence-electron chi connectivity index (χ3n) is 4.66.